The Morgan fingerprint density at radius 3 is 2.26 bits per heavy atom. The number of piperidine rings is 2. The van der Waals surface area contributed by atoms with Gasteiger partial charge in [-0.2, -0.15) is 0 Å². The summed E-state index contributed by atoms with van der Waals surface area (Å²) in [5.74, 6) is 0.873. The summed E-state index contributed by atoms with van der Waals surface area (Å²) in [5.41, 5.74) is 4.13. The van der Waals surface area contributed by atoms with E-state index in [0.29, 0.717) is 0 Å². The number of carbonyl (C=O) groups is 1. The van der Waals surface area contributed by atoms with Crippen LogP contribution in [0.3, 0.4) is 0 Å². The average Bonchev–Trinajstić information content (AvgIpc) is 2.67. The number of hydrogen-bond acceptors (Lipinski definition) is 2. The standard InChI is InChI=1S/C24H30N2O/c1-17-8-7-9-18(2)21(17)23(27)25-22(20-10-5-4-6-11-20)24-14-12-19(13-15-24)16-26(24)3/h4-11,19,22H,12-16H2,1-3H3,(H,25,27). The van der Waals surface area contributed by atoms with Crippen LogP contribution in [0.25, 0.3) is 0 Å². The zero-order valence-electron chi connectivity index (χ0n) is 16.7. The maximum absolute atomic E-state index is 13.4. The molecule has 2 aliphatic heterocycles. The van der Waals surface area contributed by atoms with E-state index in [1.807, 2.05) is 38.1 Å². The topological polar surface area (TPSA) is 32.3 Å². The van der Waals surface area contributed by atoms with Crippen LogP contribution in [0.5, 0.6) is 0 Å². The molecule has 3 heteroatoms. The first-order valence-corrected chi connectivity index (χ1v) is 10.1. The predicted molar refractivity (Wildman–Crippen MR) is 110 cm³/mol. The molecule has 5 rings (SSSR count). The Hall–Kier alpha value is -2.13. The van der Waals surface area contributed by atoms with E-state index in [1.165, 1.54) is 18.4 Å². The van der Waals surface area contributed by atoms with E-state index < -0.39 is 0 Å². The highest BCUT2D eigenvalue weighted by molar-refractivity contribution is 5.97. The molecular formula is C24H30N2O. The molecule has 3 nitrogen and oxygen atoms in total. The van der Waals surface area contributed by atoms with Crippen molar-refractivity contribution in [1.29, 1.82) is 0 Å². The summed E-state index contributed by atoms with van der Waals surface area (Å²) in [5, 5.41) is 3.47. The second-order valence-electron chi connectivity index (χ2n) is 8.51. The number of fused-ring (bicyclic) bond motifs is 3. The van der Waals surface area contributed by atoms with Crippen molar-refractivity contribution in [2.75, 3.05) is 13.6 Å². The van der Waals surface area contributed by atoms with E-state index in [1.54, 1.807) is 0 Å². The van der Waals surface area contributed by atoms with Crippen LogP contribution in [-0.4, -0.2) is 29.9 Å². The van der Waals surface area contributed by atoms with E-state index in [4.69, 9.17) is 0 Å². The van der Waals surface area contributed by atoms with Gasteiger partial charge in [0, 0.05) is 17.6 Å². The van der Waals surface area contributed by atoms with E-state index in [2.05, 4.69) is 41.5 Å². The molecule has 1 N–H and O–H groups in total. The first-order chi connectivity index (χ1) is 13.0. The number of nitrogens with one attached hydrogen (secondary N) is 1. The zero-order chi connectivity index (χ0) is 19.0. The Bertz CT molecular complexity index is 801. The van der Waals surface area contributed by atoms with E-state index in [0.717, 1.165) is 42.0 Å². The van der Waals surface area contributed by atoms with Crippen molar-refractivity contribution in [2.24, 2.45) is 5.92 Å². The van der Waals surface area contributed by atoms with Gasteiger partial charge in [0.25, 0.3) is 5.91 Å². The SMILES string of the molecule is Cc1cccc(C)c1C(=O)NC(c1ccccc1)C12CCC(CC1)CN2C. The van der Waals surface area contributed by atoms with E-state index >= 15 is 0 Å². The summed E-state index contributed by atoms with van der Waals surface area (Å²) in [6.45, 7) is 5.19. The Morgan fingerprint density at radius 1 is 1.04 bits per heavy atom. The summed E-state index contributed by atoms with van der Waals surface area (Å²) in [6.07, 6.45) is 4.85. The number of rotatable bonds is 4. The van der Waals surface area contributed by atoms with E-state index in [-0.39, 0.29) is 17.5 Å². The van der Waals surface area contributed by atoms with Crippen LogP contribution in [0, 0.1) is 19.8 Å². The fourth-order valence-electron chi connectivity index (χ4n) is 5.37. The average molecular weight is 363 g/mol. The molecule has 2 bridgehead atoms. The van der Waals surface area contributed by atoms with E-state index in [9.17, 15) is 4.79 Å². The number of carbonyl (C=O) groups excluding carboxylic acids is 1. The smallest absolute Gasteiger partial charge is 0.252 e. The highest BCUT2D eigenvalue weighted by Gasteiger charge is 2.50. The molecule has 3 aliphatic rings. The highest BCUT2D eigenvalue weighted by Crippen LogP contribution is 2.49. The summed E-state index contributed by atoms with van der Waals surface area (Å²) < 4.78 is 0. The maximum atomic E-state index is 13.4. The van der Waals surface area contributed by atoms with Crippen molar-refractivity contribution in [3.8, 4) is 0 Å². The molecule has 1 unspecified atom stereocenters. The molecule has 0 radical (unpaired) electrons. The molecule has 27 heavy (non-hydrogen) atoms. The van der Waals surface area contributed by atoms with Crippen LogP contribution >= 0.6 is 0 Å². The Kier molecular flexibility index (Phi) is 4.81. The molecule has 3 fully saturated rings. The summed E-state index contributed by atoms with van der Waals surface area (Å²) in [7, 11) is 2.24. The van der Waals surface area contributed by atoms with Crippen LogP contribution in [0.2, 0.25) is 0 Å². The van der Waals surface area contributed by atoms with Crippen molar-refractivity contribution < 1.29 is 4.79 Å². The lowest BCUT2D eigenvalue weighted by Crippen LogP contribution is -2.62. The van der Waals surface area contributed by atoms with Crippen molar-refractivity contribution in [3.63, 3.8) is 0 Å². The molecule has 2 aromatic carbocycles. The first kappa shape index (κ1) is 18.2. The number of nitrogens with zero attached hydrogens (tertiary/aromatic N) is 1. The molecule has 0 aromatic heterocycles. The third-order valence-corrected chi connectivity index (χ3v) is 6.92. The number of likely N-dealkylation sites (N-methyl/N-ethyl adjacent to an activating group) is 1. The lowest BCUT2D eigenvalue weighted by Gasteiger charge is -2.57. The minimum Gasteiger partial charge on any atom is -0.343 e. The largest absolute Gasteiger partial charge is 0.343 e. The van der Waals surface area contributed by atoms with Gasteiger partial charge < -0.3 is 5.32 Å². The van der Waals surface area contributed by atoms with Crippen molar-refractivity contribution >= 4 is 5.91 Å². The Morgan fingerprint density at radius 2 is 1.67 bits per heavy atom. The van der Waals surface area contributed by atoms with Gasteiger partial charge in [0.1, 0.15) is 0 Å². The molecule has 1 amide bonds. The molecule has 0 spiro atoms. The summed E-state index contributed by atoms with van der Waals surface area (Å²) in [4.78, 5) is 15.9. The minimum atomic E-state index is 0.0106. The van der Waals surface area contributed by atoms with Gasteiger partial charge in [-0.1, -0.05) is 48.5 Å². The van der Waals surface area contributed by atoms with Gasteiger partial charge in [0.15, 0.2) is 0 Å². The summed E-state index contributed by atoms with van der Waals surface area (Å²) in [6, 6.07) is 16.6. The van der Waals surface area contributed by atoms with Crippen LogP contribution in [0.15, 0.2) is 48.5 Å². The number of benzene rings is 2. The molecule has 142 valence electrons. The van der Waals surface area contributed by atoms with Crippen LogP contribution in [0.4, 0.5) is 0 Å². The van der Waals surface area contributed by atoms with Gasteiger partial charge in [-0.05, 0) is 69.2 Å². The zero-order valence-corrected chi connectivity index (χ0v) is 16.7. The van der Waals surface area contributed by atoms with Crippen LogP contribution in [-0.2, 0) is 0 Å². The predicted octanol–water partition coefficient (Wildman–Crippen LogP) is 4.65. The molecular weight excluding hydrogens is 332 g/mol. The third-order valence-electron chi connectivity index (χ3n) is 6.92. The van der Waals surface area contributed by atoms with Gasteiger partial charge in [0.05, 0.1) is 6.04 Å². The second-order valence-corrected chi connectivity index (χ2v) is 8.51. The normalized spacial score (nSPS) is 26.0. The molecule has 2 heterocycles. The van der Waals surface area contributed by atoms with Gasteiger partial charge in [-0.3, -0.25) is 9.69 Å². The lowest BCUT2D eigenvalue weighted by molar-refractivity contribution is -0.0404. The molecule has 2 aromatic rings. The lowest BCUT2D eigenvalue weighted by atomic mass is 9.65. The highest BCUT2D eigenvalue weighted by atomic mass is 16.1. The number of aryl methyl sites for hydroxylation is 2. The first-order valence-electron chi connectivity index (χ1n) is 10.1. The quantitative estimate of drug-likeness (QED) is 0.859. The van der Waals surface area contributed by atoms with Crippen molar-refractivity contribution in [2.45, 2.75) is 51.1 Å². The van der Waals surface area contributed by atoms with Gasteiger partial charge in [0.2, 0.25) is 0 Å². The Labute approximate surface area is 162 Å². The minimum absolute atomic E-state index is 0.0106. The third kappa shape index (κ3) is 3.19. The molecule has 1 atom stereocenters. The fourth-order valence-corrected chi connectivity index (χ4v) is 5.37. The second kappa shape index (κ2) is 7.12. The molecule has 1 saturated carbocycles. The van der Waals surface area contributed by atoms with Gasteiger partial charge in [-0.25, -0.2) is 0 Å². The summed E-state index contributed by atoms with van der Waals surface area (Å²) >= 11 is 0. The van der Waals surface area contributed by atoms with Crippen LogP contribution < -0.4 is 5.32 Å². The molecule has 1 aliphatic carbocycles. The van der Waals surface area contributed by atoms with Gasteiger partial charge in [-0.15, -0.1) is 0 Å². The number of amides is 1. The van der Waals surface area contributed by atoms with Crippen molar-refractivity contribution in [1.82, 2.24) is 10.2 Å². The molecule has 2 saturated heterocycles. The fraction of sp³-hybridized carbons (Fsp3) is 0.458. The van der Waals surface area contributed by atoms with Crippen LogP contribution in [0.1, 0.15) is 58.8 Å². The maximum Gasteiger partial charge on any atom is 0.252 e. The van der Waals surface area contributed by atoms with Gasteiger partial charge >= 0.3 is 0 Å². The number of hydrogen-bond donors (Lipinski definition) is 1. The Balaban J connectivity index is 1.72. The van der Waals surface area contributed by atoms with Crippen molar-refractivity contribution in [3.05, 3.63) is 70.8 Å². The monoisotopic (exact) mass is 362 g/mol.